The second kappa shape index (κ2) is 8.54. The lowest BCUT2D eigenvalue weighted by atomic mass is 9.83. The molecule has 2 aliphatic carbocycles. The molecule has 2 saturated carbocycles. The number of hydrogen-bond acceptors (Lipinski definition) is 5. The molecule has 7 heteroatoms. The second-order valence-corrected chi connectivity index (χ2v) is 7.85. The number of anilines is 1. The summed E-state index contributed by atoms with van der Waals surface area (Å²) >= 11 is 0. The summed E-state index contributed by atoms with van der Waals surface area (Å²) < 4.78 is 1.22. The summed E-state index contributed by atoms with van der Waals surface area (Å²) in [6.07, 6.45) is 10.2. The summed E-state index contributed by atoms with van der Waals surface area (Å²) in [7, 11) is 0. The number of nitrogens with one attached hydrogen (secondary N) is 2. The van der Waals surface area contributed by atoms with Crippen molar-refractivity contribution in [3.8, 4) is 11.3 Å². The van der Waals surface area contributed by atoms with Gasteiger partial charge >= 0.3 is 0 Å². The number of carbonyl (C=O) groups is 1. The summed E-state index contributed by atoms with van der Waals surface area (Å²) in [6.45, 7) is 0.883. The molecule has 2 heterocycles. The fourth-order valence-corrected chi connectivity index (χ4v) is 3.51. The summed E-state index contributed by atoms with van der Waals surface area (Å²) in [5.74, 6) is 1.55. The zero-order valence-electron chi connectivity index (χ0n) is 16.1. The van der Waals surface area contributed by atoms with Gasteiger partial charge in [0.25, 0.3) is 5.56 Å². The molecule has 1 amide bonds. The number of rotatable bonds is 8. The van der Waals surface area contributed by atoms with Crippen molar-refractivity contribution in [1.82, 2.24) is 20.1 Å². The van der Waals surface area contributed by atoms with Crippen molar-refractivity contribution < 1.29 is 4.79 Å². The van der Waals surface area contributed by atoms with Crippen LogP contribution >= 0.6 is 0 Å². The van der Waals surface area contributed by atoms with Gasteiger partial charge in [-0.15, -0.1) is 0 Å². The summed E-state index contributed by atoms with van der Waals surface area (Å²) in [6, 6.07) is 7.23. The fraction of sp³-hybridized carbons (Fsp3) is 0.524. The maximum atomic E-state index is 12.1. The molecule has 0 bridgehead atoms. The lowest BCUT2D eigenvalue weighted by Gasteiger charge is -2.26. The molecule has 2 aromatic rings. The van der Waals surface area contributed by atoms with Crippen LogP contribution in [0.25, 0.3) is 11.3 Å². The second-order valence-electron chi connectivity index (χ2n) is 7.85. The predicted octanol–water partition coefficient (Wildman–Crippen LogP) is 2.58. The molecule has 0 spiro atoms. The van der Waals surface area contributed by atoms with Crippen LogP contribution in [0, 0.1) is 5.92 Å². The Kier molecular flexibility index (Phi) is 5.69. The molecule has 0 aliphatic heterocycles. The molecular weight excluding hydrogens is 354 g/mol. The molecule has 0 atom stereocenters. The van der Waals surface area contributed by atoms with Gasteiger partial charge in [0.2, 0.25) is 5.91 Å². The molecule has 0 radical (unpaired) electrons. The van der Waals surface area contributed by atoms with E-state index in [1.165, 1.54) is 36.4 Å². The van der Waals surface area contributed by atoms with Gasteiger partial charge in [-0.3, -0.25) is 9.59 Å². The smallest absolute Gasteiger partial charge is 0.267 e. The zero-order valence-corrected chi connectivity index (χ0v) is 16.1. The van der Waals surface area contributed by atoms with Gasteiger partial charge in [-0.2, -0.15) is 5.10 Å². The normalized spacial score (nSPS) is 16.9. The average molecular weight is 381 g/mol. The molecule has 28 heavy (non-hydrogen) atoms. The van der Waals surface area contributed by atoms with E-state index in [9.17, 15) is 9.59 Å². The van der Waals surface area contributed by atoms with E-state index in [4.69, 9.17) is 0 Å². The van der Waals surface area contributed by atoms with Crippen molar-refractivity contribution in [1.29, 1.82) is 0 Å². The van der Waals surface area contributed by atoms with E-state index in [0.717, 1.165) is 43.1 Å². The van der Waals surface area contributed by atoms with Gasteiger partial charge in [-0.1, -0.05) is 19.3 Å². The van der Waals surface area contributed by atoms with Crippen molar-refractivity contribution in [2.75, 3.05) is 11.9 Å². The number of amides is 1. The van der Waals surface area contributed by atoms with Crippen LogP contribution in [0.5, 0.6) is 0 Å². The van der Waals surface area contributed by atoms with Crippen LogP contribution < -0.4 is 16.2 Å². The first-order valence-electron chi connectivity index (χ1n) is 10.3. The topological polar surface area (TPSA) is 88.9 Å². The van der Waals surface area contributed by atoms with Crippen molar-refractivity contribution in [2.45, 2.75) is 57.5 Å². The Labute approximate surface area is 164 Å². The first-order valence-corrected chi connectivity index (χ1v) is 10.3. The molecule has 0 unspecified atom stereocenters. The molecule has 7 nitrogen and oxygen atoms in total. The number of pyridine rings is 1. The standard InChI is InChI=1S/C21H27N5O2/c27-20(24-17-5-2-6-17)14-26-21(28)10-8-18(25-26)16-7-9-19(23-13-16)22-12-11-15-3-1-4-15/h7-10,13,15,17H,1-6,11-12,14H2,(H,22,23)(H,24,27). The molecule has 148 valence electrons. The van der Waals surface area contributed by atoms with Gasteiger partial charge in [0, 0.05) is 30.4 Å². The van der Waals surface area contributed by atoms with Crippen LogP contribution in [-0.4, -0.2) is 33.3 Å². The quantitative estimate of drug-likeness (QED) is 0.734. The molecule has 2 aromatic heterocycles. The van der Waals surface area contributed by atoms with E-state index >= 15 is 0 Å². The molecule has 4 rings (SSSR count). The molecule has 0 saturated heterocycles. The highest BCUT2D eigenvalue weighted by Gasteiger charge is 2.20. The highest BCUT2D eigenvalue weighted by atomic mass is 16.2. The van der Waals surface area contributed by atoms with Crippen molar-refractivity contribution in [3.63, 3.8) is 0 Å². The maximum Gasteiger partial charge on any atom is 0.267 e. The third-order valence-electron chi connectivity index (χ3n) is 5.77. The minimum Gasteiger partial charge on any atom is -0.370 e. The Morgan fingerprint density at radius 2 is 1.93 bits per heavy atom. The van der Waals surface area contributed by atoms with Crippen LogP contribution in [0.3, 0.4) is 0 Å². The summed E-state index contributed by atoms with van der Waals surface area (Å²) in [5, 5.41) is 10.6. The Morgan fingerprint density at radius 3 is 2.57 bits per heavy atom. The fourth-order valence-electron chi connectivity index (χ4n) is 3.51. The number of hydrogen-bond donors (Lipinski definition) is 2. The van der Waals surface area contributed by atoms with Crippen LogP contribution in [-0.2, 0) is 11.3 Å². The zero-order chi connectivity index (χ0) is 19.3. The Bertz CT molecular complexity index is 869. The van der Waals surface area contributed by atoms with Crippen LogP contribution in [0.1, 0.15) is 44.9 Å². The molecule has 0 aromatic carbocycles. The first kappa shape index (κ1) is 18.7. The van der Waals surface area contributed by atoms with Gasteiger partial charge in [0.15, 0.2) is 0 Å². The van der Waals surface area contributed by atoms with Crippen molar-refractivity contribution in [3.05, 3.63) is 40.8 Å². The minimum atomic E-state index is -0.283. The van der Waals surface area contributed by atoms with Crippen LogP contribution in [0.4, 0.5) is 5.82 Å². The highest BCUT2D eigenvalue weighted by molar-refractivity contribution is 5.76. The maximum absolute atomic E-state index is 12.1. The van der Waals surface area contributed by atoms with Gasteiger partial charge in [-0.05, 0) is 49.8 Å². The number of carbonyl (C=O) groups excluding carboxylic acids is 1. The Morgan fingerprint density at radius 1 is 1.11 bits per heavy atom. The van der Waals surface area contributed by atoms with E-state index < -0.39 is 0 Å². The molecule has 2 fully saturated rings. The van der Waals surface area contributed by atoms with E-state index in [-0.39, 0.29) is 24.1 Å². The predicted molar refractivity (Wildman–Crippen MR) is 108 cm³/mol. The SMILES string of the molecule is O=C(Cn1nc(-c2ccc(NCCC3CCC3)nc2)ccc1=O)NC1CCC1. The van der Waals surface area contributed by atoms with E-state index in [2.05, 4.69) is 20.7 Å². The van der Waals surface area contributed by atoms with Gasteiger partial charge < -0.3 is 10.6 Å². The Hall–Kier alpha value is -2.70. The Balaban J connectivity index is 1.37. The number of nitrogens with zero attached hydrogens (tertiary/aromatic N) is 3. The largest absolute Gasteiger partial charge is 0.370 e. The summed E-state index contributed by atoms with van der Waals surface area (Å²) in [4.78, 5) is 28.6. The van der Waals surface area contributed by atoms with Gasteiger partial charge in [0.05, 0.1) is 5.69 Å². The van der Waals surface area contributed by atoms with Gasteiger partial charge in [-0.25, -0.2) is 9.67 Å². The first-order chi connectivity index (χ1) is 13.7. The van der Waals surface area contributed by atoms with E-state index in [1.54, 1.807) is 12.3 Å². The monoisotopic (exact) mass is 381 g/mol. The van der Waals surface area contributed by atoms with E-state index in [1.807, 2.05) is 12.1 Å². The molecule has 2 aliphatic rings. The van der Waals surface area contributed by atoms with E-state index in [0.29, 0.717) is 5.69 Å². The lowest BCUT2D eigenvalue weighted by molar-refractivity contribution is -0.123. The lowest BCUT2D eigenvalue weighted by Crippen LogP contribution is -2.42. The van der Waals surface area contributed by atoms with Crippen molar-refractivity contribution in [2.24, 2.45) is 5.92 Å². The van der Waals surface area contributed by atoms with Gasteiger partial charge in [0.1, 0.15) is 12.4 Å². The number of aromatic nitrogens is 3. The third kappa shape index (κ3) is 4.58. The molecule has 2 N–H and O–H groups in total. The average Bonchev–Trinajstić information content (AvgIpc) is 2.63. The van der Waals surface area contributed by atoms with Crippen LogP contribution in [0.15, 0.2) is 35.3 Å². The molecular formula is C21H27N5O2. The highest BCUT2D eigenvalue weighted by Crippen LogP contribution is 2.29. The minimum absolute atomic E-state index is 0.0581. The third-order valence-corrected chi connectivity index (χ3v) is 5.77. The van der Waals surface area contributed by atoms with Crippen molar-refractivity contribution >= 4 is 11.7 Å². The van der Waals surface area contributed by atoms with Crippen LogP contribution in [0.2, 0.25) is 0 Å². The summed E-state index contributed by atoms with van der Waals surface area (Å²) in [5.41, 5.74) is 1.16.